The van der Waals surface area contributed by atoms with Gasteiger partial charge in [-0.15, -0.1) is 0 Å². The van der Waals surface area contributed by atoms with Crippen molar-refractivity contribution in [3.8, 4) is 0 Å². The predicted molar refractivity (Wildman–Crippen MR) is 127 cm³/mol. The molecule has 0 heterocycles. The van der Waals surface area contributed by atoms with Crippen molar-refractivity contribution in [1.29, 1.82) is 0 Å². The zero-order chi connectivity index (χ0) is 21.6. The first-order chi connectivity index (χ1) is 14.9. The van der Waals surface area contributed by atoms with E-state index in [1.807, 2.05) is 0 Å². The number of rotatable bonds is 5. The van der Waals surface area contributed by atoms with Gasteiger partial charge in [-0.05, 0) is 130 Å². The van der Waals surface area contributed by atoms with Gasteiger partial charge < -0.3 is 4.74 Å². The molecule has 0 spiro atoms. The van der Waals surface area contributed by atoms with Gasteiger partial charge in [-0.25, -0.2) is 0 Å². The smallest absolute Gasteiger partial charge is 0.306 e. The molecule has 0 amide bonds. The summed E-state index contributed by atoms with van der Waals surface area (Å²) in [4.78, 5) is 12.4. The van der Waals surface area contributed by atoms with Crippen LogP contribution in [0.3, 0.4) is 0 Å². The van der Waals surface area contributed by atoms with E-state index in [0.29, 0.717) is 23.2 Å². The number of ether oxygens (including phenoxy) is 1. The van der Waals surface area contributed by atoms with Crippen molar-refractivity contribution in [2.45, 2.75) is 130 Å². The van der Waals surface area contributed by atoms with Crippen molar-refractivity contribution in [3.63, 3.8) is 0 Å². The summed E-state index contributed by atoms with van der Waals surface area (Å²) in [6, 6.07) is 0. The Balaban J connectivity index is 1.21. The first-order valence-electron chi connectivity index (χ1n) is 14.1. The highest BCUT2D eigenvalue weighted by Gasteiger charge is 2.60. The van der Waals surface area contributed by atoms with Crippen LogP contribution in [0.15, 0.2) is 0 Å². The summed E-state index contributed by atoms with van der Waals surface area (Å²) in [7, 11) is 0. The van der Waals surface area contributed by atoms with Crippen LogP contribution in [-0.2, 0) is 9.53 Å². The fourth-order valence-corrected chi connectivity index (χ4v) is 10.1. The summed E-state index contributed by atoms with van der Waals surface area (Å²) in [6.45, 7) is 7.81. The molecule has 5 fully saturated rings. The Bertz CT molecular complexity index is 651. The average Bonchev–Trinajstić information content (AvgIpc) is 3.38. The van der Waals surface area contributed by atoms with E-state index in [4.69, 9.17) is 4.74 Å². The Hall–Kier alpha value is -0.530. The maximum Gasteiger partial charge on any atom is 0.306 e. The van der Waals surface area contributed by atoms with Crippen molar-refractivity contribution in [2.24, 2.45) is 46.3 Å². The number of esters is 1. The fraction of sp³-hybridized carbons (Fsp3) is 0.966. The van der Waals surface area contributed by atoms with Gasteiger partial charge in [0.05, 0.1) is 0 Å². The lowest BCUT2D eigenvalue weighted by Gasteiger charge is -2.61. The highest BCUT2D eigenvalue weighted by Crippen LogP contribution is 2.68. The van der Waals surface area contributed by atoms with Crippen molar-refractivity contribution >= 4 is 5.97 Å². The van der Waals surface area contributed by atoms with Gasteiger partial charge in [0.1, 0.15) is 6.10 Å². The third-order valence-electron chi connectivity index (χ3n) is 11.7. The molecule has 5 aliphatic carbocycles. The largest absolute Gasteiger partial charge is 0.462 e. The second-order valence-corrected chi connectivity index (χ2v) is 13.0. The van der Waals surface area contributed by atoms with Crippen LogP contribution in [0, 0.1) is 46.3 Å². The van der Waals surface area contributed by atoms with Gasteiger partial charge in [0, 0.05) is 6.42 Å². The highest BCUT2D eigenvalue weighted by atomic mass is 16.5. The normalized spacial score (nSPS) is 46.1. The van der Waals surface area contributed by atoms with Gasteiger partial charge >= 0.3 is 5.97 Å². The molecular formula is C29H48O2. The lowest BCUT2D eigenvalue weighted by molar-refractivity contribution is -0.149. The SMILES string of the molecule is C[C@H](CCC(=O)OC1CCCC1)[C@H]1CC[C@H]2[C@@H]3CCC4CCCC[C@]4(C)[C@H]3CC[C@]12C. The zero-order valence-electron chi connectivity index (χ0n) is 20.7. The van der Waals surface area contributed by atoms with E-state index < -0.39 is 0 Å². The van der Waals surface area contributed by atoms with E-state index in [1.165, 1.54) is 77.0 Å². The van der Waals surface area contributed by atoms with E-state index in [2.05, 4.69) is 20.8 Å². The maximum atomic E-state index is 12.4. The molecule has 31 heavy (non-hydrogen) atoms. The Morgan fingerprint density at radius 2 is 1.58 bits per heavy atom. The fourth-order valence-electron chi connectivity index (χ4n) is 10.1. The Labute approximate surface area is 191 Å². The van der Waals surface area contributed by atoms with E-state index >= 15 is 0 Å². The van der Waals surface area contributed by atoms with Gasteiger partial charge in [-0.2, -0.15) is 0 Å². The standard InChI is InChI=1S/C29H48O2/c1-20(11-16-27(30)31-22-9-4-5-10-22)24-14-15-25-23-13-12-21-8-6-7-18-28(21,2)26(23)17-19-29(24,25)3/h20-26H,4-19H2,1-3H3/t20-,21?,23+,24-,25+,26+,28+,29-/m1/s1. The topological polar surface area (TPSA) is 26.3 Å². The van der Waals surface area contributed by atoms with Crippen LogP contribution in [0.1, 0.15) is 124 Å². The first-order valence-corrected chi connectivity index (χ1v) is 14.1. The van der Waals surface area contributed by atoms with Crippen LogP contribution in [0.2, 0.25) is 0 Å². The van der Waals surface area contributed by atoms with Crippen LogP contribution in [0.25, 0.3) is 0 Å². The summed E-state index contributed by atoms with van der Waals surface area (Å²) < 4.78 is 5.75. The Morgan fingerprint density at radius 3 is 2.39 bits per heavy atom. The minimum Gasteiger partial charge on any atom is -0.462 e. The lowest BCUT2D eigenvalue weighted by Crippen LogP contribution is -2.53. The van der Waals surface area contributed by atoms with Crippen molar-refractivity contribution < 1.29 is 9.53 Å². The molecule has 2 nitrogen and oxygen atoms in total. The quantitative estimate of drug-likeness (QED) is 0.415. The van der Waals surface area contributed by atoms with E-state index in [0.717, 1.165) is 48.9 Å². The van der Waals surface area contributed by atoms with Gasteiger partial charge in [0.2, 0.25) is 0 Å². The molecule has 1 unspecified atom stereocenters. The van der Waals surface area contributed by atoms with Crippen LogP contribution >= 0.6 is 0 Å². The van der Waals surface area contributed by atoms with Crippen LogP contribution in [-0.4, -0.2) is 12.1 Å². The zero-order valence-corrected chi connectivity index (χ0v) is 20.7. The second kappa shape index (κ2) is 8.68. The molecule has 5 saturated carbocycles. The average molecular weight is 429 g/mol. The summed E-state index contributed by atoms with van der Waals surface area (Å²) in [5, 5.41) is 0. The Kier molecular flexibility index (Phi) is 6.23. The molecule has 0 aromatic heterocycles. The monoisotopic (exact) mass is 428 g/mol. The lowest BCUT2D eigenvalue weighted by atomic mass is 9.44. The first kappa shape index (κ1) is 22.3. The van der Waals surface area contributed by atoms with Crippen molar-refractivity contribution in [3.05, 3.63) is 0 Å². The maximum absolute atomic E-state index is 12.4. The number of fused-ring (bicyclic) bond motifs is 5. The molecule has 0 saturated heterocycles. The van der Waals surface area contributed by atoms with Crippen molar-refractivity contribution in [1.82, 2.24) is 0 Å². The van der Waals surface area contributed by atoms with Crippen LogP contribution in [0.4, 0.5) is 0 Å². The van der Waals surface area contributed by atoms with Gasteiger partial charge in [-0.1, -0.05) is 33.6 Å². The molecular weight excluding hydrogens is 380 g/mol. The molecule has 0 aromatic carbocycles. The predicted octanol–water partition coefficient (Wildman–Crippen LogP) is 7.94. The summed E-state index contributed by atoms with van der Waals surface area (Å²) in [5.41, 5.74) is 1.17. The van der Waals surface area contributed by atoms with Crippen molar-refractivity contribution in [2.75, 3.05) is 0 Å². The van der Waals surface area contributed by atoms with E-state index in [-0.39, 0.29) is 12.1 Å². The summed E-state index contributed by atoms with van der Waals surface area (Å²) >= 11 is 0. The third-order valence-corrected chi connectivity index (χ3v) is 11.7. The second-order valence-electron chi connectivity index (χ2n) is 13.0. The molecule has 0 N–H and O–H groups in total. The minimum atomic E-state index is 0.0747. The van der Waals surface area contributed by atoms with Crippen LogP contribution in [0.5, 0.6) is 0 Å². The Morgan fingerprint density at radius 1 is 0.839 bits per heavy atom. The van der Waals surface area contributed by atoms with Crippen LogP contribution < -0.4 is 0 Å². The highest BCUT2D eigenvalue weighted by molar-refractivity contribution is 5.69. The molecule has 0 aliphatic heterocycles. The van der Waals surface area contributed by atoms with Gasteiger partial charge in [-0.3, -0.25) is 4.79 Å². The molecule has 0 aromatic rings. The van der Waals surface area contributed by atoms with Gasteiger partial charge in [0.25, 0.3) is 0 Å². The number of carbonyl (C=O) groups excluding carboxylic acids is 1. The number of carbonyl (C=O) groups is 1. The molecule has 176 valence electrons. The summed E-state index contributed by atoms with van der Waals surface area (Å²) in [6.07, 6.45) is 21.4. The molecule has 5 rings (SSSR count). The number of hydrogen-bond acceptors (Lipinski definition) is 2. The number of hydrogen-bond donors (Lipinski definition) is 0. The minimum absolute atomic E-state index is 0.0747. The van der Waals surface area contributed by atoms with Gasteiger partial charge in [0.15, 0.2) is 0 Å². The van der Waals surface area contributed by atoms with E-state index in [9.17, 15) is 4.79 Å². The third kappa shape index (κ3) is 3.90. The molecule has 0 bridgehead atoms. The van der Waals surface area contributed by atoms with E-state index in [1.54, 1.807) is 0 Å². The molecule has 2 heteroatoms. The molecule has 5 aliphatic rings. The molecule has 0 radical (unpaired) electrons. The molecule has 8 atom stereocenters. The summed E-state index contributed by atoms with van der Waals surface area (Å²) in [5.74, 6) is 5.50.